The van der Waals surface area contributed by atoms with Crippen molar-refractivity contribution in [3.63, 3.8) is 0 Å². The maximum atomic E-state index is 12.7. The number of likely N-dealkylation sites (tertiary alicyclic amines) is 1. The molecule has 0 unspecified atom stereocenters. The van der Waals surface area contributed by atoms with Gasteiger partial charge in [0.15, 0.2) is 0 Å². The molecule has 1 aliphatic heterocycles. The van der Waals surface area contributed by atoms with Crippen LogP contribution in [-0.2, 0) is 7.05 Å². The molecule has 116 valence electrons. The number of ether oxygens (including phenoxy) is 1. The van der Waals surface area contributed by atoms with Crippen molar-refractivity contribution in [2.75, 3.05) is 13.1 Å². The van der Waals surface area contributed by atoms with Crippen molar-refractivity contribution in [2.45, 2.75) is 26.4 Å². The highest BCUT2D eigenvalue weighted by molar-refractivity contribution is 5.96. The Balaban J connectivity index is 1.68. The summed E-state index contributed by atoms with van der Waals surface area (Å²) in [4.78, 5) is 14.5. The number of hydrogen-bond donors (Lipinski definition) is 0. The molecule has 2 aromatic heterocycles. The minimum absolute atomic E-state index is 0.0216. The van der Waals surface area contributed by atoms with Gasteiger partial charge in [0.1, 0.15) is 6.10 Å². The SMILES string of the molecule is Cc1nn(C)c(C)c1C(=O)N1CC[C@@H](Oc2cccnn2)C1. The first-order valence-corrected chi connectivity index (χ1v) is 7.30. The fraction of sp³-hybridized carbons (Fsp3) is 0.467. The average molecular weight is 301 g/mol. The van der Waals surface area contributed by atoms with Crippen LogP contribution in [0.5, 0.6) is 5.88 Å². The van der Waals surface area contributed by atoms with Gasteiger partial charge in [0.25, 0.3) is 5.91 Å². The zero-order valence-electron chi connectivity index (χ0n) is 13.0. The number of amides is 1. The zero-order valence-corrected chi connectivity index (χ0v) is 13.0. The number of rotatable bonds is 3. The lowest BCUT2D eigenvalue weighted by molar-refractivity contribution is 0.0769. The van der Waals surface area contributed by atoms with Crippen molar-refractivity contribution in [1.82, 2.24) is 24.9 Å². The van der Waals surface area contributed by atoms with Crippen LogP contribution >= 0.6 is 0 Å². The van der Waals surface area contributed by atoms with E-state index in [0.717, 1.165) is 17.8 Å². The van der Waals surface area contributed by atoms with Crippen molar-refractivity contribution >= 4 is 5.91 Å². The molecule has 0 N–H and O–H groups in total. The summed E-state index contributed by atoms with van der Waals surface area (Å²) in [5.41, 5.74) is 2.35. The summed E-state index contributed by atoms with van der Waals surface area (Å²) in [5.74, 6) is 0.517. The largest absolute Gasteiger partial charge is 0.471 e. The van der Waals surface area contributed by atoms with Gasteiger partial charge in [-0.15, -0.1) is 5.10 Å². The highest BCUT2D eigenvalue weighted by atomic mass is 16.5. The quantitative estimate of drug-likeness (QED) is 0.849. The second-order valence-corrected chi connectivity index (χ2v) is 5.51. The van der Waals surface area contributed by atoms with Crippen molar-refractivity contribution < 1.29 is 9.53 Å². The Morgan fingerprint density at radius 2 is 2.23 bits per heavy atom. The molecule has 7 heteroatoms. The molecule has 0 spiro atoms. The van der Waals surface area contributed by atoms with E-state index in [1.165, 1.54) is 0 Å². The maximum Gasteiger partial charge on any atom is 0.257 e. The molecule has 22 heavy (non-hydrogen) atoms. The second kappa shape index (κ2) is 5.75. The highest BCUT2D eigenvalue weighted by Gasteiger charge is 2.31. The summed E-state index contributed by atoms with van der Waals surface area (Å²) in [6.07, 6.45) is 2.35. The normalized spacial score (nSPS) is 17.8. The van der Waals surface area contributed by atoms with Gasteiger partial charge in [-0.25, -0.2) is 0 Å². The fourth-order valence-electron chi connectivity index (χ4n) is 2.77. The number of aryl methyl sites for hydroxylation is 2. The molecule has 3 heterocycles. The van der Waals surface area contributed by atoms with Gasteiger partial charge in [-0.3, -0.25) is 9.48 Å². The zero-order chi connectivity index (χ0) is 15.7. The van der Waals surface area contributed by atoms with E-state index in [-0.39, 0.29) is 12.0 Å². The first-order valence-electron chi connectivity index (χ1n) is 7.30. The second-order valence-electron chi connectivity index (χ2n) is 5.51. The Morgan fingerprint density at radius 1 is 1.41 bits per heavy atom. The van der Waals surface area contributed by atoms with Gasteiger partial charge in [0.2, 0.25) is 5.88 Å². The summed E-state index contributed by atoms with van der Waals surface area (Å²) in [7, 11) is 1.85. The van der Waals surface area contributed by atoms with Crippen LogP contribution in [0.1, 0.15) is 28.2 Å². The summed E-state index contributed by atoms with van der Waals surface area (Å²) in [6, 6.07) is 3.55. The summed E-state index contributed by atoms with van der Waals surface area (Å²) in [5, 5.41) is 12.0. The standard InChI is InChI=1S/C15H19N5O2/c1-10-14(11(2)19(3)18-10)15(21)20-8-6-12(9-20)22-13-5-4-7-16-17-13/h4-5,7,12H,6,8-9H2,1-3H3/t12-/m1/s1. The van der Waals surface area contributed by atoms with Crippen LogP contribution in [0, 0.1) is 13.8 Å². The molecule has 3 rings (SSSR count). The van der Waals surface area contributed by atoms with Crippen LogP contribution < -0.4 is 4.74 Å². The Morgan fingerprint density at radius 3 is 2.86 bits per heavy atom. The van der Waals surface area contributed by atoms with E-state index >= 15 is 0 Å². The molecule has 0 aromatic carbocycles. The summed E-state index contributed by atoms with van der Waals surface area (Å²) < 4.78 is 7.51. The van der Waals surface area contributed by atoms with Crippen molar-refractivity contribution in [1.29, 1.82) is 0 Å². The molecule has 2 aromatic rings. The van der Waals surface area contributed by atoms with Gasteiger partial charge in [-0.05, 0) is 19.9 Å². The minimum atomic E-state index is -0.0436. The van der Waals surface area contributed by atoms with Crippen molar-refractivity contribution in [2.24, 2.45) is 7.05 Å². The number of carbonyl (C=O) groups is 1. The molecule has 1 fully saturated rings. The Bertz CT molecular complexity index is 683. The molecule has 0 radical (unpaired) electrons. The van der Waals surface area contributed by atoms with E-state index in [9.17, 15) is 4.79 Å². The third-order valence-corrected chi connectivity index (χ3v) is 3.99. The lowest BCUT2D eigenvalue weighted by atomic mass is 10.2. The molecule has 0 bridgehead atoms. The van der Waals surface area contributed by atoms with E-state index in [4.69, 9.17) is 4.74 Å². The first kappa shape index (κ1) is 14.5. The van der Waals surface area contributed by atoms with Crippen LogP contribution in [0.3, 0.4) is 0 Å². The molecule has 1 aliphatic rings. The minimum Gasteiger partial charge on any atom is -0.471 e. The third-order valence-electron chi connectivity index (χ3n) is 3.99. The lowest BCUT2D eigenvalue weighted by Crippen LogP contribution is -2.31. The Hall–Kier alpha value is -2.44. The van der Waals surface area contributed by atoms with E-state index in [1.807, 2.05) is 25.8 Å². The maximum absolute atomic E-state index is 12.7. The van der Waals surface area contributed by atoms with E-state index in [1.54, 1.807) is 23.0 Å². The molecular weight excluding hydrogens is 282 g/mol. The van der Waals surface area contributed by atoms with Crippen LogP contribution in [0.25, 0.3) is 0 Å². The number of nitrogens with zero attached hydrogens (tertiary/aromatic N) is 5. The van der Waals surface area contributed by atoms with Gasteiger partial charge in [-0.2, -0.15) is 10.2 Å². The monoisotopic (exact) mass is 301 g/mol. The molecule has 0 saturated carbocycles. The molecule has 1 saturated heterocycles. The van der Waals surface area contributed by atoms with E-state index in [2.05, 4.69) is 15.3 Å². The van der Waals surface area contributed by atoms with E-state index < -0.39 is 0 Å². The van der Waals surface area contributed by atoms with Crippen molar-refractivity contribution in [3.05, 3.63) is 35.3 Å². The molecular formula is C15H19N5O2. The van der Waals surface area contributed by atoms with Gasteiger partial charge in [0.05, 0.1) is 17.8 Å². The van der Waals surface area contributed by atoms with Crippen LogP contribution in [-0.4, -0.2) is 50.0 Å². The van der Waals surface area contributed by atoms with Gasteiger partial charge in [-0.1, -0.05) is 0 Å². The number of hydrogen-bond acceptors (Lipinski definition) is 5. The van der Waals surface area contributed by atoms with Gasteiger partial charge >= 0.3 is 0 Å². The smallest absolute Gasteiger partial charge is 0.257 e. The van der Waals surface area contributed by atoms with Gasteiger partial charge in [0, 0.05) is 38.0 Å². The Kier molecular flexibility index (Phi) is 3.79. The Labute approximate surface area is 128 Å². The topological polar surface area (TPSA) is 73.1 Å². The van der Waals surface area contributed by atoms with Crippen LogP contribution in [0.15, 0.2) is 18.3 Å². The predicted molar refractivity (Wildman–Crippen MR) is 79.7 cm³/mol. The molecule has 1 atom stereocenters. The number of carbonyl (C=O) groups excluding carboxylic acids is 1. The number of aromatic nitrogens is 4. The third kappa shape index (κ3) is 2.66. The molecule has 0 aliphatic carbocycles. The van der Waals surface area contributed by atoms with E-state index in [0.29, 0.717) is 24.5 Å². The molecule has 1 amide bonds. The predicted octanol–water partition coefficient (Wildman–Crippen LogP) is 1.12. The van der Waals surface area contributed by atoms with Crippen LogP contribution in [0.2, 0.25) is 0 Å². The molecule has 7 nitrogen and oxygen atoms in total. The first-order chi connectivity index (χ1) is 10.6. The van der Waals surface area contributed by atoms with Crippen molar-refractivity contribution in [3.8, 4) is 5.88 Å². The van der Waals surface area contributed by atoms with Crippen LogP contribution in [0.4, 0.5) is 0 Å². The highest BCUT2D eigenvalue weighted by Crippen LogP contribution is 2.21. The average Bonchev–Trinajstić information content (AvgIpc) is 3.05. The van der Waals surface area contributed by atoms with Gasteiger partial charge < -0.3 is 9.64 Å². The fourth-order valence-corrected chi connectivity index (χ4v) is 2.77. The lowest BCUT2D eigenvalue weighted by Gasteiger charge is -2.17. The summed E-state index contributed by atoms with van der Waals surface area (Å²) >= 11 is 0. The summed E-state index contributed by atoms with van der Waals surface area (Å²) in [6.45, 7) is 5.02.